The highest BCUT2D eigenvalue weighted by molar-refractivity contribution is 5.56. The molecule has 0 unspecified atom stereocenters. The Balaban J connectivity index is 2.43. The van der Waals surface area contributed by atoms with Crippen molar-refractivity contribution in [2.45, 2.75) is 6.61 Å². The van der Waals surface area contributed by atoms with E-state index in [-0.39, 0.29) is 0 Å². The van der Waals surface area contributed by atoms with Crippen LogP contribution in [0.3, 0.4) is 0 Å². The Morgan fingerprint density at radius 1 is 1.35 bits per heavy atom. The molecular weight excluding hydrogens is 216 g/mol. The third-order valence-electron chi connectivity index (χ3n) is 2.25. The number of hydrogen-bond acceptors (Lipinski definition) is 5. The topological polar surface area (TPSA) is 59.9 Å². The molecule has 17 heavy (non-hydrogen) atoms. The van der Waals surface area contributed by atoms with Crippen molar-refractivity contribution in [3.63, 3.8) is 0 Å². The number of pyridine rings is 1. The van der Waals surface area contributed by atoms with Crippen LogP contribution >= 0.6 is 0 Å². The van der Waals surface area contributed by atoms with Crippen LogP contribution in [0.2, 0.25) is 0 Å². The van der Waals surface area contributed by atoms with Gasteiger partial charge in [0.1, 0.15) is 5.82 Å². The minimum absolute atomic E-state index is 0.463. The molecule has 88 valence electrons. The molecule has 2 aromatic heterocycles. The number of nitrogens with zero attached hydrogens (tertiary/aromatic N) is 3. The van der Waals surface area contributed by atoms with Gasteiger partial charge in [0.05, 0.1) is 12.3 Å². The summed E-state index contributed by atoms with van der Waals surface area (Å²) in [6.45, 7) is 0.463. The molecule has 0 spiro atoms. The van der Waals surface area contributed by atoms with Gasteiger partial charge in [-0.25, -0.2) is 9.97 Å². The molecule has 0 atom stereocenters. The number of anilines is 1. The van der Waals surface area contributed by atoms with Gasteiger partial charge in [0.25, 0.3) is 0 Å². The molecule has 2 rings (SSSR count). The van der Waals surface area contributed by atoms with E-state index in [2.05, 4.69) is 20.3 Å². The van der Waals surface area contributed by atoms with Crippen molar-refractivity contribution < 1.29 is 4.74 Å². The summed E-state index contributed by atoms with van der Waals surface area (Å²) in [5, 5.41) is 3.01. The number of aromatic nitrogens is 3. The lowest BCUT2D eigenvalue weighted by atomic mass is 10.2. The molecular formula is C12H14N4O. The second-order valence-corrected chi connectivity index (χ2v) is 3.49. The summed E-state index contributed by atoms with van der Waals surface area (Å²) in [6, 6.07) is 5.66. The van der Waals surface area contributed by atoms with Crippen LogP contribution in [0.15, 0.2) is 30.6 Å². The lowest BCUT2D eigenvalue weighted by molar-refractivity contribution is 0.181. The summed E-state index contributed by atoms with van der Waals surface area (Å²) >= 11 is 0. The van der Waals surface area contributed by atoms with E-state index in [1.54, 1.807) is 19.5 Å². The standard InChI is InChI=1S/C12H14N4O/c1-13-11-6-10(8-17-2)15-12(16-11)9-4-3-5-14-7-9/h3-7H,8H2,1-2H3,(H,13,15,16). The summed E-state index contributed by atoms with van der Waals surface area (Å²) in [4.78, 5) is 12.9. The van der Waals surface area contributed by atoms with E-state index in [1.807, 2.05) is 25.2 Å². The summed E-state index contributed by atoms with van der Waals surface area (Å²) in [5.41, 5.74) is 1.73. The van der Waals surface area contributed by atoms with Crippen molar-refractivity contribution >= 4 is 5.82 Å². The maximum Gasteiger partial charge on any atom is 0.163 e. The van der Waals surface area contributed by atoms with E-state index < -0.39 is 0 Å². The molecule has 0 aliphatic heterocycles. The summed E-state index contributed by atoms with van der Waals surface area (Å²) < 4.78 is 5.08. The first-order valence-corrected chi connectivity index (χ1v) is 5.28. The fraction of sp³-hybridized carbons (Fsp3) is 0.250. The first-order valence-electron chi connectivity index (χ1n) is 5.28. The highest BCUT2D eigenvalue weighted by Crippen LogP contribution is 2.16. The van der Waals surface area contributed by atoms with Crippen LogP contribution in [-0.2, 0) is 11.3 Å². The number of ether oxygens (including phenoxy) is 1. The van der Waals surface area contributed by atoms with Gasteiger partial charge in [0, 0.05) is 38.2 Å². The Labute approximate surface area is 99.9 Å². The van der Waals surface area contributed by atoms with E-state index in [0.717, 1.165) is 17.1 Å². The van der Waals surface area contributed by atoms with Gasteiger partial charge in [0.15, 0.2) is 5.82 Å². The van der Waals surface area contributed by atoms with E-state index in [9.17, 15) is 0 Å². The Bertz CT molecular complexity index is 487. The molecule has 2 aromatic rings. The highest BCUT2D eigenvalue weighted by atomic mass is 16.5. The summed E-state index contributed by atoms with van der Waals surface area (Å²) in [6.07, 6.45) is 3.47. The third-order valence-corrected chi connectivity index (χ3v) is 2.25. The van der Waals surface area contributed by atoms with Crippen molar-refractivity contribution in [2.24, 2.45) is 0 Å². The summed E-state index contributed by atoms with van der Waals surface area (Å²) in [5.74, 6) is 1.42. The molecule has 0 radical (unpaired) electrons. The van der Waals surface area contributed by atoms with Gasteiger partial charge in [-0.05, 0) is 12.1 Å². The van der Waals surface area contributed by atoms with Crippen LogP contribution in [0, 0.1) is 0 Å². The second kappa shape index (κ2) is 5.36. The number of methoxy groups -OCH3 is 1. The Hall–Kier alpha value is -2.01. The number of rotatable bonds is 4. The van der Waals surface area contributed by atoms with Crippen molar-refractivity contribution in [1.82, 2.24) is 15.0 Å². The van der Waals surface area contributed by atoms with Crippen LogP contribution in [0.5, 0.6) is 0 Å². The zero-order chi connectivity index (χ0) is 12.1. The van der Waals surface area contributed by atoms with Gasteiger partial charge in [-0.1, -0.05) is 0 Å². The second-order valence-electron chi connectivity index (χ2n) is 3.49. The van der Waals surface area contributed by atoms with E-state index >= 15 is 0 Å². The van der Waals surface area contributed by atoms with Gasteiger partial charge < -0.3 is 10.1 Å². The van der Waals surface area contributed by atoms with Gasteiger partial charge in [-0.3, -0.25) is 4.98 Å². The first-order chi connectivity index (χ1) is 8.33. The van der Waals surface area contributed by atoms with Crippen LogP contribution in [-0.4, -0.2) is 29.1 Å². The third kappa shape index (κ3) is 2.76. The summed E-state index contributed by atoms with van der Waals surface area (Å²) in [7, 11) is 3.47. The van der Waals surface area contributed by atoms with E-state index in [0.29, 0.717) is 12.4 Å². The van der Waals surface area contributed by atoms with Crippen LogP contribution in [0.4, 0.5) is 5.82 Å². The first kappa shape index (κ1) is 11.5. The smallest absolute Gasteiger partial charge is 0.163 e. The fourth-order valence-corrected chi connectivity index (χ4v) is 1.47. The zero-order valence-electron chi connectivity index (χ0n) is 9.84. The monoisotopic (exact) mass is 230 g/mol. The van der Waals surface area contributed by atoms with Crippen LogP contribution < -0.4 is 5.32 Å². The molecule has 0 amide bonds. The molecule has 0 aromatic carbocycles. The van der Waals surface area contributed by atoms with Crippen molar-refractivity contribution in [3.05, 3.63) is 36.3 Å². The molecule has 0 aliphatic carbocycles. The van der Waals surface area contributed by atoms with Gasteiger partial charge in [0.2, 0.25) is 0 Å². The zero-order valence-corrected chi connectivity index (χ0v) is 9.84. The number of nitrogens with one attached hydrogen (secondary N) is 1. The molecule has 1 N–H and O–H groups in total. The largest absolute Gasteiger partial charge is 0.378 e. The van der Waals surface area contributed by atoms with E-state index in [4.69, 9.17) is 4.74 Å². The Morgan fingerprint density at radius 3 is 2.88 bits per heavy atom. The van der Waals surface area contributed by atoms with Crippen LogP contribution in [0.25, 0.3) is 11.4 Å². The lowest BCUT2D eigenvalue weighted by Crippen LogP contribution is -2.01. The maximum atomic E-state index is 5.08. The minimum atomic E-state index is 0.463. The molecule has 0 bridgehead atoms. The highest BCUT2D eigenvalue weighted by Gasteiger charge is 2.06. The van der Waals surface area contributed by atoms with E-state index in [1.165, 1.54) is 0 Å². The molecule has 5 nitrogen and oxygen atoms in total. The van der Waals surface area contributed by atoms with Gasteiger partial charge in [-0.2, -0.15) is 0 Å². The van der Waals surface area contributed by atoms with Crippen molar-refractivity contribution in [1.29, 1.82) is 0 Å². The van der Waals surface area contributed by atoms with Gasteiger partial charge in [-0.15, -0.1) is 0 Å². The van der Waals surface area contributed by atoms with Gasteiger partial charge >= 0.3 is 0 Å². The van der Waals surface area contributed by atoms with Crippen molar-refractivity contribution in [2.75, 3.05) is 19.5 Å². The Kier molecular flexibility index (Phi) is 3.62. The average molecular weight is 230 g/mol. The van der Waals surface area contributed by atoms with Crippen LogP contribution in [0.1, 0.15) is 5.69 Å². The molecule has 0 saturated heterocycles. The maximum absolute atomic E-state index is 5.08. The Morgan fingerprint density at radius 2 is 2.24 bits per heavy atom. The normalized spacial score (nSPS) is 10.2. The fourth-order valence-electron chi connectivity index (χ4n) is 1.47. The minimum Gasteiger partial charge on any atom is -0.378 e. The predicted octanol–water partition coefficient (Wildman–Crippen LogP) is 1.73. The molecule has 2 heterocycles. The quantitative estimate of drug-likeness (QED) is 0.866. The van der Waals surface area contributed by atoms with Crippen molar-refractivity contribution in [3.8, 4) is 11.4 Å². The molecule has 5 heteroatoms. The SMILES string of the molecule is CNc1cc(COC)nc(-c2cccnc2)n1. The predicted molar refractivity (Wildman–Crippen MR) is 65.5 cm³/mol. The molecule has 0 aliphatic rings. The average Bonchev–Trinajstić information content (AvgIpc) is 2.40. The lowest BCUT2D eigenvalue weighted by Gasteiger charge is -2.07. The molecule has 0 fully saturated rings. The number of hydrogen-bond donors (Lipinski definition) is 1. The molecule has 0 saturated carbocycles.